The van der Waals surface area contributed by atoms with Crippen LogP contribution in [-0.2, 0) is 0 Å². The molecule has 4 nitrogen and oxygen atoms in total. The van der Waals surface area contributed by atoms with Crippen LogP contribution in [0, 0.1) is 11.3 Å². The number of piperidine rings is 1. The summed E-state index contributed by atoms with van der Waals surface area (Å²) in [7, 11) is 4.25. The number of hydrogen-bond acceptors (Lipinski definition) is 4. The standard InChI is InChI=1S/C16H32N4/c1-15(2,3)18-16(14-17)8-12-20(13-9-16)11-7-6-10-19(4)5/h18H,6-13H2,1-5H3. The van der Waals surface area contributed by atoms with Crippen molar-refractivity contribution in [3.63, 3.8) is 0 Å². The van der Waals surface area contributed by atoms with Gasteiger partial charge < -0.3 is 9.80 Å². The van der Waals surface area contributed by atoms with Gasteiger partial charge in [-0.3, -0.25) is 5.32 Å². The molecule has 0 radical (unpaired) electrons. The van der Waals surface area contributed by atoms with E-state index in [-0.39, 0.29) is 11.1 Å². The fourth-order valence-electron chi connectivity index (χ4n) is 2.90. The zero-order chi connectivity index (χ0) is 15.2. The van der Waals surface area contributed by atoms with Crippen molar-refractivity contribution in [3.8, 4) is 6.07 Å². The highest BCUT2D eigenvalue weighted by atomic mass is 15.2. The molecule has 1 N–H and O–H groups in total. The first kappa shape index (κ1) is 17.4. The first-order chi connectivity index (χ1) is 9.26. The molecular formula is C16H32N4. The second-order valence-electron chi connectivity index (χ2n) is 7.42. The van der Waals surface area contributed by atoms with Gasteiger partial charge in [0.2, 0.25) is 0 Å². The van der Waals surface area contributed by atoms with Gasteiger partial charge >= 0.3 is 0 Å². The van der Waals surface area contributed by atoms with E-state index >= 15 is 0 Å². The first-order valence-corrected chi connectivity index (χ1v) is 7.84. The Hall–Kier alpha value is -0.630. The smallest absolute Gasteiger partial charge is 0.109 e. The summed E-state index contributed by atoms with van der Waals surface area (Å²) in [5, 5.41) is 13.1. The van der Waals surface area contributed by atoms with Crippen LogP contribution in [0.4, 0.5) is 0 Å². The molecule has 0 saturated carbocycles. The third-order valence-corrected chi connectivity index (χ3v) is 3.87. The molecule has 1 saturated heterocycles. The van der Waals surface area contributed by atoms with Crippen LogP contribution in [0.15, 0.2) is 0 Å². The molecule has 0 aliphatic carbocycles. The van der Waals surface area contributed by atoms with Gasteiger partial charge in [-0.25, -0.2) is 0 Å². The maximum atomic E-state index is 9.53. The Kier molecular flexibility index (Phi) is 6.44. The fraction of sp³-hybridized carbons (Fsp3) is 0.938. The molecule has 1 aliphatic heterocycles. The van der Waals surface area contributed by atoms with E-state index in [1.165, 1.54) is 25.9 Å². The van der Waals surface area contributed by atoms with Crippen molar-refractivity contribution in [1.29, 1.82) is 5.26 Å². The van der Waals surface area contributed by atoms with E-state index in [1.54, 1.807) is 0 Å². The Balaban J connectivity index is 2.33. The topological polar surface area (TPSA) is 42.3 Å². The summed E-state index contributed by atoms with van der Waals surface area (Å²) in [5.74, 6) is 0. The van der Waals surface area contributed by atoms with Crippen LogP contribution in [0.3, 0.4) is 0 Å². The highest BCUT2D eigenvalue weighted by Crippen LogP contribution is 2.24. The Bertz CT molecular complexity index is 316. The van der Waals surface area contributed by atoms with Gasteiger partial charge in [-0.2, -0.15) is 5.26 Å². The average Bonchev–Trinajstić information content (AvgIpc) is 2.34. The van der Waals surface area contributed by atoms with Crippen molar-refractivity contribution in [2.75, 3.05) is 40.3 Å². The molecule has 1 rings (SSSR count). The summed E-state index contributed by atoms with van der Waals surface area (Å²) in [6.07, 6.45) is 4.39. The van der Waals surface area contributed by atoms with Gasteiger partial charge in [0.1, 0.15) is 5.54 Å². The van der Waals surface area contributed by atoms with Gasteiger partial charge in [-0.05, 0) is 73.6 Å². The normalized spacial score (nSPS) is 20.1. The van der Waals surface area contributed by atoms with E-state index in [1.807, 2.05) is 0 Å². The van der Waals surface area contributed by atoms with Gasteiger partial charge in [0.25, 0.3) is 0 Å². The van der Waals surface area contributed by atoms with Crippen LogP contribution in [0.2, 0.25) is 0 Å². The molecule has 20 heavy (non-hydrogen) atoms. The molecule has 116 valence electrons. The molecule has 0 atom stereocenters. The van der Waals surface area contributed by atoms with Crippen LogP contribution >= 0.6 is 0 Å². The van der Waals surface area contributed by atoms with E-state index in [0.29, 0.717) is 0 Å². The van der Waals surface area contributed by atoms with Crippen molar-refractivity contribution in [3.05, 3.63) is 0 Å². The third kappa shape index (κ3) is 6.21. The van der Waals surface area contributed by atoms with Crippen LogP contribution in [0.5, 0.6) is 0 Å². The predicted molar refractivity (Wildman–Crippen MR) is 84.7 cm³/mol. The number of nitrogens with zero attached hydrogens (tertiary/aromatic N) is 3. The van der Waals surface area contributed by atoms with Gasteiger partial charge in [0.05, 0.1) is 6.07 Å². The first-order valence-electron chi connectivity index (χ1n) is 7.84. The van der Waals surface area contributed by atoms with Gasteiger partial charge in [0.15, 0.2) is 0 Å². The monoisotopic (exact) mass is 280 g/mol. The lowest BCUT2D eigenvalue weighted by atomic mass is 9.86. The predicted octanol–water partition coefficient (Wildman–Crippen LogP) is 2.07. The molecule has 0 aromatic carbocycles. The van der Waals surface area contributed by atoms with Crippen molar-refractivity contribution in [2.24, 2.45) is 0 Å². The molecule has 0 aromatic rings. The van der Waals surface area contributed by atoms with Crippen LogP contribution in [0.25, 0.3) is 0 Å². The van der Waals surface area contributed by atoms with Crippen molar-refractivity contribution in [1.82, 2.24) is 15.1 Å². The third-order valence-electron chi connectivity index (χ3n) is 3.87. The van der Waals surface area contributed by atoms with E-state index in [2.05, 4.69) is 56.1 Å². The van der Waals surface area contributed by atoms with Crippen molar-refractivity contribution < 1.29 is 0 Å². The summed E-state index contributed by atoms with van der Waals surface area (Å²) in [4.78, 5) is 4.75. The van der Waals surface area contributed by atoms with Gasteiger partial charge in [-0.15, -0.1) is 0 Å². The summed E-state index contributed by atoms with van der Waals surface area (Å²) in [6, 6.07) is 2.53. The molecule has 1 aliphatic rings. The molecule has 1 heterocycles. The highest BCUT2D eigenvalue weighted by molar-refractivity contribution is 5.11. The van der Waals surface area contributed by atoms with E-state index < -0.39 is 0 Å². The molecule has 0 amide bonds. The summed E-state index contributed by atoms with van der Waals surface area (Å²) in [5.41, 5.74) is -0.317. The molecule has 1 fully saturated rings. The minimum Gasteiger partial charge on any atom is -0.309 e. The van der Waals surface area contributed by atoms with Crippen molar-refractivity contribution >= 4 is 0 Å². The molecule has 0 unspecified atom stereocenters. The minimum absolute atomic E-state index is 0.00358. The SMILES string of the molecule is CN(C)CCCCN1CCC(C#N)(NC(C)(C)C)CC1. The summed E-state index contributed by atoms with van der Waals surface area (Å²) < 4.78 is 0. The zero-order valence-corrected chi connectivity index (χ0v) is 14.0. The summed E-state index contributed by atoms with van der Waals surface area (Å²) in [6.45, 7) is 10.8. The van der Waals surface area contributed by atoms with E-state index in [0.717, 1.165) is 25.9 Å². The molecule has 0 spiro atoms. The van der Waals surface area contributed by atoms with Crippen LogP contribution in [-0.4, -0.2) is 61.2 Å². The second-order valence-corrected chi connectivity index (χ2v) is 7.42. The molecular weight excluding hydrogens is 248 g/mol. The maximum absolute atomic E-state index is 9.53. The number of rotatable bonds is 6. The van der Waals surface area contributed by atoms with E-state index in [9.17, 15) is 5.26 Å². The molecule has 4 heteroatoms. The largest absolute Gasteiger partial charge is 0.309 e. The average molecular weight is 280 g/mol. The summed E-state index contributed by atoms with van der Waals surface area (Å²) >= 11 is 0. The number of nitrogens with one attached hydrogen (secondary N) is 1. The quantitative estimate of drug-likeness (QED) is 0.756. The minimum atomic E-state index is -0.321. The van der Waals surface area contributed by atoms with Gasteiger partial charge in [0, 0.05) is 18.6 Å². The molecule has 0 bridgehead atoms. The lowest BCUT2D eigenvalue weighted by Crippen LogP contribution is -2.58. The fourth-order valence-corrected chi connectivity index (χ4v) is 2.90. The highest BCUT2D eigenvalue weighted by Gasteiger charge is 2.37. The molecule has 0 aromatic heterocycles. The maximum Gasteiger partial charge on any atom is 0.109 e. The Labute approximate surface area is 125 Å². The number of nitriles is 1. The van der Waals surface area contributed by atoms with Crippen LogP contribution in [0.1, 0.15) is 46.5 Å². The lowest BCUT2D eigenvalue weighted by molar-refractivity contribution is 0.143. The number of likely N-dealkylation sites (tertiary alicyclic amines) is 1. The Morgan fingerprint density at radius 2 is 1.80 bits per heavy atom. The lowest BCUT2D eigenvalue weighted by Gasteiger charge is -2.41. The van der Waals surface area contributed by atoms with Crippen molar-refractivity contribution in [2.45, 2.75) is 57.5 Å². The zero-order valence-electron chi connectivity index (χ0n) is 14.0. The Morgan fingerprint density at radius 1 is 1.20 bits per heavy atom. The van der Waals surface area contributed by atoms with Crippen LogP contribution < -0.4 is 5.32 Å². The van der Waals surface area contributed by atoms with Gasteiger partial charge in [-0.1, -0.05) is 0 Å². The van der Waals surface area contributed by atoms with E-state index in [4.69, 9.17) is 0 Å². The Morgan fingerprint density at radius 3 is 2.25 bits per heavy atom. The second kappa shape index (κ2) is 7.40. The number of hydrogen-bond donors (Lipinski definition) is 1. The number of unbranched alkanes of at least 4 members (excludes halogenated alkanes) is 1.